The van der Waals surface area contributed by atoms with Gasteiger partial charge in [-0.1, -0.05) is 6.07 Å². The molecule has 19 heavy (non-hydrogen) atoms. The number of carbonyl (C=O) groups excluding carboxylic acids is 1. The van der Waals surface area contributed by atoms with Crippen LogP contribution in [-0.2, 0) is 6.54 Å². The molecule has 0 radical (unpaired) electrons. The lowest BCUT2D eigenvalue weighted by molar-refractivity contribution is 0.1000. The van der Waals surface area contributed by atoms with E-state index in [1.54, 1.807) is 6.07 Å². The van der Waals surface area contributed by atoms with E-state index in [0.29, 0.717) is 12.1 Å². The number of carbonyl (C=O) groups is 1. The smallest absolute Gasteiger partial charge is 0.248 e. The molecule has 0 saturated carbocycles. The predicted octanol–water partition coefficient (Wildman–Crippen LogP) is 2.72. The number of nitrogens with two attached hydrogens (primary N) is 1. The molecule has 5 heteroatoms. The Bertz CT molecular complexity index is 646. The summed E-state index contributed by atoms with van der Waals surface area (Å²) in [7, 11) is 0. The van der Waals surface area contributed by atoms with E-state index in [1.807, 2.05) is 37.6 Å². The molecule has 1 aromatic carbocycles. The van der Waals surface area contributed by atoms with Crippen LogP contribution in [0.3, 0.4) is 0 Å². The van der Waals surface area contributed by atoms with Crippen molar-refractivity contribution in [1.29, 1.82) is 0 Å². The lowest BCUT2D eigenvalue weighted by atomic mass is 10.0. The fourth-order valence-electron chi connectivity index (χ4n) is 2.02. The van der Waals surface area contributed by atoms with Gasteiger partial charge in [0, 0.05) is 5.56 Å². The Morgan fingerprint density at radius 2 is 2.05 bits per heavy atom. The summed E-state index contributed by atoms with van der Waals surface area (Å²) in [6.45, 7) is 6.65. The van der Waals surface area contributed by atoms with Crippen molar-refractivity contribution in [2.45, 2.75) is 27.3 Å². The minimum absolute atomic E-state index is 0.400. The average molecular weight is 322 g/mol. The molecule has 0 aliphatic rings. The maximum atomic E-state index is 11.1. The van der Waals surface area contributed by atoms with Gasteiger partial charge in [-0.25, -0.2) is 0 Å². The molecule has 0 atom stereocenters. The van der Waals surface area contributed by atoms with Crippen molar-refractivity contribution in [3.63, 3.8) is 0 Å². The number of halogens is 1. The highest BCUT2D eigenvalue weighted by Crippen LogP contribution is 2.21. The molecule has 1 heterocycles. The molecule has 4 nitrogen and oxygen atoms in total. The molecule has 0 fully saturated rings. The largest absolute Gasteiger partial charge is 0.366 e. The van der Waals surface area contributed by atoms with Crippen molar-refractivity contribution in [2.75, 3.05) is 0 Å². The van der Waals surface area contributed by atoms with Gasteiger partial charge in [0.2, 0.25) is 5.91 Å². The fraction of sp³-hybridized carbons (Fsp3) is 0.286. The number of hydrogen-bond donors (Lipinski definition) is 1. The number of nitrogens with zero attached hydrogens (tertiary/aromatic N) is 2. The quantitative estimate of drug-likeness (QED) is 0.944. The molecule has 0 unspecified atom stereocenters. The SMILES string of the molecule is Cc1cc(C(N)=O)ccc1Cn1nc(C)c(Br)c1C. The van der Waals surface area contributed by atoms with Crippen molar-refractivity contribution < 1.29 is 4.79 Å². The monoisotopic (exact) mass is 321 g/mol. The lowest BCUT2D eigenvalue weighted by Gasteiger charge is -2.09. The van der Waals surface area contributed by atoms with Gasteiger partial charge in [-0.15, -0.1) is 0 Å². The van der Waals surface area contributed by atoms with Gasteiger partial charge in [0.15, 0.2) is 0 Å². The van der Waals surface area contributed by atoms with Crippen LogP contribution < -0.4 is 5.73 Å². The van der Waals surface area contributed by atoms with Crippen molar-refractivity contribution in [1.82, 2.24) is 9.78 Å². The van der Waals surface area contributed by atoms with Gasteiger partial charge in [0.05, 0.1) is 22.4 Å². The molecule has 0 bridgehead atoms. The Balaban J connectivity index is 2.33. The van der Waals surface area contributed by atoms with Crippen LogP contribution >= 0.6 is 15.9 Å². The molecule has 100 valence electrons. The first-order chi connectivity index (χ1) is 8.90. The summed E-state index contributed by atoms with van der Waals surface area (Å²) in [6, 6.07) is 5.50. The first-order valence-electron chi connectivity index (χ1n) is 5.99. The Morgan fingerprint density at radius 1 is 1.37 bits per heavy atom. The summed E-state index contributed by atoms with van der Waals surface area (Å²) in [5.74, 6) is -0.400. The Hall–Kier alpha value is -1.62. The zero-order chi connectivity index (χ0) is 14.2. The third kappa shape index (κ3) is 2.71. The van der Waals surface area contributed by atoms with Crippen LogP contribution in [0.25, 0.3) is 0 Å². The topological polar surface area (TPSA) is 60.9 Å². The predicted molar refractivity (Wildman–Crippen MR) is 78.2 cm³/mol. The summed E-state index contributed by atoms with van der Waals surface area (Å²) in [4.78, 5) is 11.1. The number of hydrogen-bond acceptors (Lipinski definition) is 2. The zero-order valence-corrected chi connectivity index (χ0v) is 12.8. The van der Waals surface area contributed by atoms with E-state index < -0.39 is 5.91 Å². The second-order valence-electron chi connectivity index (χ2n) is 4.65. The first-order valence-corrected chi connectivity index (χ1v) is 6.78. The summed E-state index contributed by atoms with van der Waals surface area (Å²) < 4.78 is 2.99. The minimum atomic E-state index is -0.400. The Kier molecular flexibility index (Phi) is 3.75. The average Bonchev–Trinajstić information content (AvgIpc) is 2.59. The number of aromatic nitrogens is 2. The van der Waals surface area contributed by atoms with Gasteiger partial charge in [0.1, 0.15) is 0 Å². The number of primary amides is 1. The van der Waals surface area contributed by atoms with Gasteiger partial charge >= 0.3 is 0 Å². The molecule has 2 N–H and O–H groups in total. The molecule has 1 aromatic heterocycles. The fourth-order valence-corrected chi connectivity index (χ4v) is 2.30. The van der Waals surface area contributed by atoms with Crippen LogP contribution in [0.15, 0.2) is 22.7 Å². The van der Waals surface area contributed by atoms with E-state index in [-0.39, 0.29) is 0 Å². The van der Waals surface area contributed by atoms with Crippen LogP contribution in [-0.4, -0.2) is 15.7 Å². The Labute approximate surface area is 120 Å². The van der Waals surface area contributed by atoms with Crippen molar-refractivity contribution in [2.24, 2.45) is 5.73 Å². The molecular weight excluding hydrogens is 306 g/mol. The zero-order valence-electron chi connectivity index (χ0n) is 11.2. The lowest BCUT2D eigenvalue weighted by Crippen LogP contribution is -2.12. The normalized spacial score (nSPS) is 10.7. The van der Waals surface area contributed by atoms with Crippen LogP contribution in [0, 0.1) is 20.8 Å². The van der Waals surface area contributed by atoms with E-state index in [0.717, 1.165) is 27.0 Å². The van der Waals surface area contributed by atoms with Crippen LogP contribution in [0.4, 0.5) is 0 Å². The maximum Gasteiger partial charge on any atom is 0.248 e. The second-order valence-corrected chi connectivity index (χ2v) is 5.44. The molecule has 1 amide bonds. The molecule has 2 aromatic rings. The first kappa shape index (κ1) is 13.8. The van der Waals surface area contributed by atoms with E-state index in [2.05, 4.69) is 21.0 Å². The van der Waals surface area contributed by atoms with Crippen LogP contribution in [0.5, 0.6) is 0 Å². The van der Waals surface area contributed by atoms with E-state index >= 15 is 0 Å². The van der Waals surface area contributed by atoms with Crippen molar-refractivity contribution >= 4 is 21.8 Å². The van der Waals surface area contributed by atoms with Crippen LogP contribution in [0.1, 0.15) is 32.9 Å². The number of benzene rings is 1. The van der Waals surface area contributed by atoms with Gasteiger partial charge in [-0.3, -0.25) is 9.48 Å². The summed E-state index contributed by atoms with van der Waals surface area (Å²) in [5, 5.41) is 4.48. The summed E-state index contributed by atoms with van der Waals surface area (Å²) >= 11 is 3.52. The number of rotatable bonds is 3. The number of aryl methyl sites for hydroxylation is 2. The third-order valence-corrected chi connectivity index (χ3v) is 4.39. The summed E-state index contributed by atoms with van der Waals surface area (Å²) in [5.41, 5.74) is 10.0. The second kappa shape index (κ2) is 5.17. The number of amides is 1. The van der Waals surface area contributed by atoms with Gasteiger partial charge in [-0.05, 0) is 60.0 Å². The highest BCUT2D eigenvalue weighted by Gasteiger charge is 2.10. The van der Waals surface area contributed by atoms with Crippen molar-refractivity contribution in [3.05, 3.63) is 50.8 Å². The maximum absolute atomic E-state index is 11.1. The Morgan fingerprint density at radius 3 is 2.53 bits per heavy atom. The molecule has 0 aliphatic carbocycles. The third-order valence-electron chi connectivity index (χ3n) is 3.24. The van der Waals surface area contributed by atoms with E-state index in [1.165, 1.54) is 0 Å². The van der Waals surface area contributed by atoms with E-state index in [9.17, 15) is 4.79 Å². The van der Waals surface area contributed by atoms with Gasteiger partial charge < -0.3 is 5.73 Å². The molecule has 0 spiro atoms. The highest BCUT2D eigenvalue weighted by atomic mass is 79.9. The van der Waals surface area contributed by atoms with Crippen molar-refractivity contribution in [3.8, 4) is 0 Å². The van der Waals surface area contributed by atoms with Gasteiger partial charge in [0.25, 0.3) is 0 Å². The molecule has 2 rings (SSSR count). The van der Waals surface area contributed by atoms with E-state index in [4.69, 9.17) is 5.73 Å². The molecule has 0 saturated heterocycles. The highest BCUT2D eigenvalue weighted by molar-refractivity contribution is 9.10. The molecular formula is C14H16BrN3O. The minimum Gasteiger partial charge on any atom is -0.366 e. The van der Waals surface area contributed by atoms with Gasteiger partial charge in [-0.2, -0.15) is 5.10 Å². The summed E-state index contributed by atoms with van der Waals surface area (Å²) in [6.07, 6.45) is 0. The molecule has 0 aliphatic heterocycles. The standard InChI is InChI=1S/C14H16BrN3O/c1-8-6-11(14(16)19)4-5-12(8)7-18-10(3)13(15)9(2)17-18/h4-6H,7H2,1-3H3,(H2,16,19). The van der Waals surface area contributed by atoms with Crippen LogP contribution in [0.2, 0.25) is 0 Å².